The number of ether oxygens (including phenoxy) is 1. The van der Waals surface area contributed by atoms with E-state index in [0.717, 1.165) is 16.7 Å². The predicted molar refractivity (Wildman–Crippen MR) is 113 cm³/mol. The molecule has 3 aromatic rings. The monoisotopic (exact) mass is 407 g/mol. The lowest BCUT2D eigenvalue weighted by molar-refractivity contribution is 0.0141. The number of benzene rings is 2. The van der Waals surface area contributed by atoms with Gasteiger partial charge in [0.1, 0.15) is 11.1 Å². The van der Waals surface area contributed by atoms with E-state index in [1.807, 2.05) is 57.2 Å². The summed E-state index contributed by atoms with van der Waals surface area (Å²) in [4.78, 5) is 32.9. The van der Waals surface area contributed by atoms with E-state index in [1.165, 1.54) is 0 Å². The molecule has 1 aliphatic rings. The van der Waals surface area contributed by atoms with Crippen molar-refractivity contribution in [3.05, 3.63) is 54.1 Å². The van der Waals surface area contributed by atoms with Crippen LogP contribution in [-0.4, -0.2) is 58.6 Å². The van der Waals surface area contributed by atoms with E-state index < -0.39 is 5.60 Å². The van der Waals surface area contributed by atoms with Crippen LogP contribution in [0.5, 0.6) is 0 Å². The van der Waals surface area contributed by atoms with Gasteiger partial charge in [-0.3, -0.25) is 4.79 Å². The second kappa shape index (κ2) is 7.82. The normalized spacial score (nSPS) is 14.8. The number of para-hydroxylation sites is 2. The lowest BCUT2D eigenvalue weighted by Gasteiger charge is -2.35. The van der Waals surface area contributed by atoms with Crippen LogP contribution in [0.3, 0.4) is 0 Å². The molecule has 0 unspecified atom stereocenters. The Labute approximate surface area is 175 Å². The topological polar surface area (TPSA) is 75.9 Å². The van der Waals surface area contributed by atoms with Crippen molar-refractivity contribution in [2.45, 2.75) is 26.4 Å². The van der Waals surface area contributed by atoms with Gasteiger partial charge in [-0.05, 0) is 57.2 Å². The minimum Gasteiger partial charge on any atom is -0.444 e. The SMILES string of the molecule is CC(C)(C)OC(=O)N1CCN(C(=O)c2ccc(-c3nc4ccccc4o3)cc2)CC1. The van der Waals surface area contributed by atoms with Gasteiger partial charge in [0.2, 0.25) is 5.89 Å². The highest BCUT2D eigenvalue weighted by atomic mass is 16.6. The molecule has 1 aliphatic heterocycles. The summed E-state index contributed by atoms with van der Waals surface area (Å²) in [6.07, 6.45) is -0.336. The molecular formula is C23H25N3O4. The molecule has 1 fully saturated rings. The molecule has 4 rings (SSSR count). The van der Waals surface area contributed by atoms with Crippen LogP contribution in [0.4, 0.5) is 4.79 Å². The molecule has 0 N–H and O–H groups in total. The van der Waals surface area contributed by atoms with Gasteiger partial charge in [0.15, 0.2) is 5.58 Å². The lowest BCUT2D eigenvalue weighted by atomic mass is 10.1. The van der Waals surface area contributed by atoms with Crippen molar-refractivity contribution in [3.63, 3.8) is 0 Å². The molecule has 2 amide bonds. The number of hydrogen-bond donors (Lipinski definition) is 0. The smallest absolute Gasteiger partial charge is 0.410 e. The summed E-state index contributed by atoms with van der Waals surface area (Å²) in [5.41, 5.74) is 2.42. The second-order valence-corrected chi connectivity index (χ2v) is 8.32. The molecule has 7 heteroatoms. The summed E-state index contributed by atoms with van der Waals surface area (Å²) in [5.74, 6) is 0.476. The quantitative estimate of drug-likeness (QED) is 0.637. The maximum absolute atomic E-state index is 12.8. The Bertz CT molecular complexity index is 1020. The van der Waals surface area contributed by atoms with Gasteiger partial charge >= 0.3 is 6.09 Å². The van der Waals surface area contributed by atoms with Crippen molar-refractivity contribution in [1.29, 1.82) is 0 Å². The molecule has 2 heterocycles. The fraction of sp³-hybridized carbons (Fsp3) is 0.348. The molecule has 2 aromatic carbocycles. The van der Waals surface area contributed by atoms with Gasteiger partial charge in [-0.15, -0.1) is 0 Å². The highest BCUT2D eigenvalue weighted by Gasteiger charge is 2.28. The Morgan fingerprint density at radius 3 is 2.20 bits per heavy atom. The maximum Gasteiger partial charge on any atom is 0.410 e. The molecule has 0 spiro atoms. The van der Waals surface area contributed by atoms with Gasteiger partial charge in [-0.25, -0.2) is 9.78 Å². The molecule has 0 bridgehead atoms. The Morgan fingerprint density at radius 1 is 0.933 bits per heavy atom. The molecule has 30 heavy (non-hydrogen) atoms. The zero-order chi connectivity index (χ0) is 21.3. The third-order valence-electron chi connectivity index (χ3n) is 4.89. The fourth-order valence-electron chi connectivity index (χ4n) is 3.35. The van der Waals surface area contributed by atoms with Crippen LogP contribution in [0.2, 0.25) is 0 Å². The van der Waals surface area contributed by atoms with Gasteiger partial charge in [0, 0.05) is 37.3 Å². The number of nitrogens with zero attached hydrogens (tertiary/aromatic N) is 3. The molecule has 0 atom stereocenters. The van der Waals surface area contributed by atoms with Crippen LogP contribution in [0.1, 0.15) is 31.1 Å². The number of fused-ring (bicyclic) bond motifs is 1. The summed E-state index contributed by atoms with van der Waals surface area (Å²) in [5, 5.41) is 0. The van der Waals surface area contributed by atoms with Crippen molar-refractivity contribution in [1.82, 2.24) is 14.8 Å². The second-order valence-electron chi connectivity index (χ2n) is 8.32. The largest absolute Gasteiger partial charge is 0.444 e. The van der Waals surface area contributed by atoms with Crippen molar-refractivity contribution in [3.8, 4) is 11.5 Å². The van der Waals surface area contributed by atoms with Crippen molar-refractivity contribution < 1.29 is 18.7 Å². The van der Waals surface area contributed by atoms with Crippen molar-refractivity contribution in [2.24, 2.45) is 0 Å². The summed E-state index contributed by atoms with van der Waals surface area (Å²) in [6.45, 7) is 7.40. The number of oxazole rings is 1. The van der Waals surface area contributed by atoms with E-state index in [2.05, 4.69) is 4.98 Å². The molecule has 0 radical (unpaired) electrons. The first-order valence-electron chi connectivity index (χ1n) is 10.0. The number of amides is 2. The van der Waals surface area contributed by atoms with Crippen LogP contribution >= 0.6 is 0 Å². The summed E-state index contributed by atoms with van der Waals surface area (Å²) < 4.78 is 11.2. The minimum absolute atomic E-state index is 0.0528. The predicted octanol–water partition coefficient (Wildman–Crippen LogP) is 4.19. The molecule has 7 nitrogen and oxygen atoms in total. The first-order chi connectivity index (χ1) is 14.3. The molecule has 1 aromatic heterocycles. The molecular weight excluding hydrogens is 382 g/mol. The molecule has 0 aliphatic carbocycles. The van der Waals surface area contributed by atoms with Crippen LogP contribution < -0.4 is 0 Å². The van der Waals surface area contributed by atoms with Crippen molar-refractivity contribution >= 4 is 23.1 Å². The standard InChI is InChI=1S/C23H25N3O4/c1-23(2,3)30-22(28)26-14-12-25(13-15-26)21(27)17-10-8-16(9-11-17)20-24-18-6-4-5-7-19(18)29-20/h4-11H,12-15H2,1-3H3. The summed E-state index contributed by atoms with van der Waals surface area (Å²) >= 11 is 0. The van der Waals surface area contributed by atoms with Gasteiger partial charge in [-0.1, -0.05) is 12.1 Å². The van der Waals surface area contributed by atoms with E-state index >= 15 is 0 Å². The lowest BCUT2D eigenvalue weighted by Crippen LogP contribution is -2.51. The number of aromatic nitrogens is 1. The van der Waals surface area contributed by atoms with Crippen LogP contribution in [0.15, 0.2) is 52.9 Å². The van der Waals surface area contributed by atoms with Gasteiger partial charge in [0.05, 0.1) is 0 Å². The average Bonchev–Trinajstić information content (AvgIpc) is 3.16. The number of carbonyl (C=O) groups excluding carboxylic acids is 2. The van der Waals surface area contributed by atoms with Gasteiger partial charge in [-0.2, -0.15) is 0 Å². The van der Waals surface area contributed by atoms with E-state index in [9.17, 15) is 9.59 Å². The maximum atomic E-state index is 12.8. The third kappa shape index (κ3) is 4.30. The zero-order valence-electron chi connectivity index (χ0n) is 17.4. The van der Waals surface area contributed by atoms with Crippen LogP contribution in [0.25, 0.3) is 22.6 Å². The van der Waals surface area contributed by atoms with E-state index in [1.54, 1.807) is 21.9 Å². The van der Waals surface area contributed by atoms with E-state index in [4.69, 9.17) is 9.15 Å². The summed E-state index contributed by atoms with van der Waals surface area (Å²) in [6, 6.07) is 14.8. The van der Waals surface area contributed by atoms with E-state index in [0.29, 0.717) is 37.6 Å². The Hall–Kier alpha value is -3.35. The average molecular weight is 407 g/mol. The van der Waals surface area contributed by atoms with Crippen LogP contribution in [-0.2, 0) is 4.74 Å². The van der Waals surface area contributed by atoms with Gasteiger partial charge < -0.3 is 19.0 Å². The fourth-order valence-corrected chi connectivity index (χ4v) is 3.35. The zero-order valence-corrected chi connectivity index (χ0v) is 17.4. The molecule has 156 valence electrons. The van der Waals surface area contributed by atoms with Gasteiger partial charge in [0.25, 0.3) is 5.91 Å². The Kier molecular flexibility index (Phi) is 5.20. The highest BCUT2D eigenvalue weighted by molar-refractivity contribution is 5.94. The minimum atomic E-state index is -0.527. The Morgan fingerprint density at radius 2 is 1.57 bits per heavy atom. The van der Waals surface area contributed by atoms with Crippen LogP contribution in [0, 0.1) is 0 Å². The first kappa shape index (κ1) is 19.9. The first-order valence-corrected chi connectivity index (χ1v) is 10.0. The number of piperazine rings is 1. The molecule has 0 saturated carbocycles. The van der Waals surface area contributed by atoms with Crippen molar-refractivity contribution in [2.75, 3.05) is 26.2 Å². The Balaban J connectivity index is 1.39. The van der Waals surface area contributed by atoms with E-state index in [-0.39, 0.29) is 12.0 Å². The number of hydrogen-bond acceptors (Lipinski definition) is 5. The number of carbonyl (C=O) groups is 2. The highest BCUT2D eigenvalue weighted by Crippen LogP contribution is 2.24. The third-order valence-corrected chi connectivity index (χ3v) is 4.89. The summed E-state index contributed by atoms with van der Waals surface area (Å²) in [7, 11) is 0. The number of rotatable bonds is 2. The molecule has 1 saturated heterocycles.